The number of nitrogens with one attached hydrogen (secondary N) is 1. The summed E-state index contributed by atoms with van der Waals surface area (Å²) < 4.78 is 5.99. The van der Waals surface area contributed by atoms with Crippen LogP contribution in [0.5, 0.6) is 0 Å². The van der Waals surface area contributed by atoms with Crippen molar-refractivity contribution in [3.05, 3.63) is 35.8 Å². The average Bonchev–Trinajstić information content (AvgIpc) is 2.85. The molecule has 0 atom stereocenters. The zero-order chi connectivity index (χ0) is 13.8. The number of methoxy groups -OCH3 is 1. The number of esters is 1. The lowest BCUT2D eigenvalue weighted by Crippen LogP contribution is -2.14. The number of nitrogens with zero attached hydrogens (tertiary/aromatic N) is 4. The molecule has 1 amide bonds. The van der Waals surface area contributed by atoms with Crippen molar-refractivity contribution in [2.75, 3.05) is 12.4 Å². The van der Waals surface area contributed by atoms with E-state index in [9.17, 15) is 9.59 Å². The maximum absolute atomic E-state index is 11.8. The molecule has 0 saturated carbocycles. The molecule has 0 bridgehead atoms. The lowest BCUT2D eigenvalue weighted by molar-refractivity contribution is 0.0600. The lowest BCUT2D eigenvalue weighted by atomic mass is 10.2. The van der Waals surface area contributed by atoms with E-state index in [1.54, 1.807) is 7.05 Å². The van der Waals surface area contributed by atoms with Crippen LogP contribution in [0.3, 0.4) is 0 Å². The molecule has 2 rings (SSSR count). The van der Waals surface area contributed by atoms with Crippen molar-refractivity contribution in [3.8, 4) is 0 Å². The number of pyridine rings is 1. The van der Waals surface area contributed by atoms with E-state index in [1.807, 2.05) is 0 Å². The van der Waals surface area contributed by atoms with Gasteiger partial charge in [-0.25, -0.2) is 9.78 Å². The Bertz CT molecular complexity index is 622. The van der Waals surface area contributed by atoms with Crippen LogP contribution in [0.2, 0.25) is 0 Å². The summed E-state index contributed by atoms with van der Waals surface area (Å²) in [7, 11) is 2.93. The standard InChI is InChI=1S/C11H11N5O3/c1-16-6-8(14-15-16)10(17)13-9-5-7(3-4-12-9)11(18)19-2/h3-6H,1-2H3,(H,12,13,17). The minimum absolute atomic E-state index is 0.160. The van der Waals surface area contributed by atoms with Crippen LogP contribution in [0.15, 0.2) is 24.5 Å². The third kappa shape index (κ3) is 2.92. The second kappa shape index (κ2) is 5.25. The Morgan fingerprint density at radius 2 is 2.21 bits per heavy atom. The first-order valence-electron chi connectivity index (χ1n) is 5.32. The molecule has 2 heterocycles. The Kier molecular flexibility index (Phi) is 3.51. The zero-order valence-corrected chi connectivity index (χ0v) is 10.3. The number of aromatic nitrogens is 4. The van der Waals surface area contributed by atoms with Crippen LogP contribution >= 0.6 is 0 Å². The van der Waals surface area contributed by atoms with Gasteiger partial charge in [0.1, 0.15) is 5.82 Å². The number of carbonyl (C=O) groups excluding carboxylic acids is 2. The van der Waals surface area contributed by atoms with Gasteiger partial charge in [-0.15, -0.1) is 5.10 Å². The van der Waals surface area contributed by atoms with Gasteiger partial charge in [-0.3, -0.25) is 9.48 Å². The molecule has 0 fully saturated rings. The molecular formula is C11H11N5O3. The first-order chi connectivity index (χ1) is 9.10. The van der Waals surface area contributed by atoms with Crippen molar-refractivity contribution in [3.63, 3.8) is 0 Å². The van der Waals surface area contributed by atoms with E-state index in [1.165, 1.54) is 36.3 Å². The summed E-state index contributed by atoms with van der Waals surface area (Å²) >= 11 is 0. The number of rotatable bonds is 3. The van der Waals surface area contributed by atoms with E-state index in [0.29, 0.717) is 5.56 Å². The molecule has 98 valence electrons. The van der Waals surface area contributed by atoms with Crippen LogP contribution in [0.1, 0.15) is 20.8 Å². The first-order valence-corrected chi connectivity index (χ1v) is 5.32. The summed E-state index contributed by atoms with van der Waals surface area (Å²) in [5.74, 6) is -0.724. The maximum Gasteiger partial charge on any atom is 0.338 e. The summed E-state index contributed by atoms with van der Waals surface area (Å²) in [4.78, 5) is 27.1. The number of ether oxygens (including phenoxy) is 1. The molecule has 8 nitrogen and oxygen atoms in total. The highest BCUT2D eigenvalue weighted by Crippen LogP contribution is 2.09. The van der Waals surface area contributed by atoms with Crippen LogP contribution in [-0.4, -0.2) is 39.0 Å². The number of carbonyl (C=O) groups is 2. The lowest BCUT2D eigenvalue weighted by Gasteiger charge is -2.03. The van der Waals surface area contributed by atoms with Gasteiger partial charge < -0.3 is 10.1 Å². The molecule has 0 radical (unpaired) electrons. The van der Waals surface area contributed by atoms with E-state index in [0.717, 1.165) is 0 Å². The SMILES string of the molecule is COC(=O)c1ccnc(NC(=O)c2cn(C)nn2)c1. The highest BCUT2D eigenvalue weighted by molar-refractivity contribution is 6.02. The predicted octanol–water partition coefficient (Wildman–Crippen LogP) is 0.249. The normalized spacial score (nSPS) is 10.0. The average molecular weight is 261 g/mol. The molecule has 0 spiro atoms. The third-order valence-corrected chi connectivity index (χ3v) is 2.26. The van der Waals surface area contributed by atoms with E-state index in [-0.39, 0.29) is 11.5 Å². The van der Waals surface area contributed by atoms with Crippen molar-refractivity contribution in [1.82, 2.24) is 20.0 Å². The van der Waals surface area contributed by atoms with Gasteiger partial charge in [0.25, 0.3) is 5.91 Å². The summed E-state index contributed by atoms with van der Waals surface area (Å²) in [5, 5.41) is 9.83. The predicted molar refractivity (Wildman–Crippen MR) is 64.5 cm³/mol. The van der Waals surface area contributed by atoms with E-state index >= 15 is 0 Å². The molecule has 2 aromatic rings. The second-order valence-electron chi connectivity index (χ2n) is 3.65. The number of anilines is 1. The third-order valence-electron chi connectivity index (χ3n) is 2.26. The molecule has 0 aromatic carbocycles. The van der Waals surface area contributed by atoms with Crippen LogP contribution < -0.4 is 5.32 Å². The van der Waals surface area contributed by atoms with E-state index < -0.39 is 11.9 Å². The molecule has 0 unspecified atom stereocenters. The van der Waals surface area contributed by atoms with Gasteiger partial charge in [0.2, 0.25) is 0 Å². The monoisotopic (exact) mass is 261 g/mol. The van der Waals surface area contributed by atoms with Gasteiger partial charge in [0.15, 0.2) is 5.69 Å². The highest BCUT2D eigenvalue weighted by atomic mass is 16.5. The van der Waals surface area contributed by atoms with Crippen molar-refractivity contribution in [2.45, 2.75) is 0 Å². The van der Waals surface area contributed by atoms with Crippen LogP contribution in [0.25, 0.3) is 0 Å². The summed E-state index contributed by atoms with van der Waals surface area (Å²) in [6.45, 7) is 0. The summed E-state index contributed by atoms with van der Waals surface area (Å²) in [6.07, 6.45) is 2.87. The zero-order valence-electron chi connectivity index (χ0n) is 10.3. The molecule has 1 N–H and O–H groups in total. The Balaban J connectivity index is 2.15. The molecule has 0 aliphatic heterocycles. The van der Waals surface area contributed by atoms with Gasteiger partial charge in [0.05, 0.1) is 18.9 Å². The minimum Gasteiger partial charge on any atom is -0.465 e. The quantitative estimate of drug-likeness (QED) is 0.795. The fourth-order valence-electron chi connectivity index (χ4n) is 1.38. The van der Waals surface area contributed by atoms with Crippen LogP contribution in [-0.2, 0) is 11.8 Å². The van der Waals surface area contributed by atoms with Crippen LogP contribution in [0.4, 0.5) is 5.82 Å². The molecule has 0 aliphatic carbocycles. The van der Waals surface area contributed by atoms with Gasteiger partial charge in [0, 0.05) is 13.2 Å². The smallest absolute Gasteiger partial charge is 0.338 e. The molecule has 0 aliphatic rings. The van der Waals surface area contributed by atoms with Crippen LogP contribution in [0, 0.1) is 0 Å². The summed E-state index contributed by atoms with van der Waals surface area (Å²) in [5.41, 5.74) is 0.458. The Hall–Kier alpha value is -2.77. The van der Waals surface area contributed by atoms with Gasteiger partial charge in [-0.05, 0) is 12.1 Å². The maximum atomic E-state index is 11.8. The Morgan fingerprint density at radius 1 is 1.42 bits per heavy atom. The van der Waals surface area contributed by atoms with Crippen molar-refractivity contribution in [2.24, 2.45) is 7.05 Å². The van der Waals surface area contributed by atoms with E-state index in [2.05, 4.69) is 25.3 Å². The number of hydrogen-bond acceptors (Lipinski definition) is 6. The molecule has 0 saturated heterocycles. The van der Waals surface area contributed by atoms with Crippen molar-refractivity contribution in [1.29, 1.82) is 0 Å². The van der Waals surface area contributed by atoms with Crippen molar-refractivity contribution < 1.29 is 14.3 Å². The number of hydrogen-bond donors (Lipinski definition) is 1. The van der Waals surface area contributed by atoms with Gasteiger partial charge >= 0.3 is 5.97 Å². The van der Waals surface area contributed by atoms with Gasteiger partial charge in [-0.1, -0.05) is 5.21 Å². The second-order valence-corrected chi connectivity index (χ2v) is 3.65. The topological polar surface area (TPSA) is 99.0 Å². The van der Waals surface area contributed by atoms with E-state index in [4.69, 9.17) is 0 Å². The molecule has 8 heteroatoms. The number of amides is 1. The van der Waals surface area contributed by atoms with Gasteiger partial charge in [-0.2, -0.15) is 0 Å². The molecule has 19 heavy (non-hydrogen) atoms. The fraction of sp³-hybridized carbons (Fsp3) is 0.182. The highest BCUT2D eigenvalue weighted by Gasteiger charge is 2.12. The molecular weight excluding hydrogens is 250 g/mol. The largest absolute Gasteiger partial charge is 0.465 e. The van der Waals surface area contributed by atoms with Crippen molar-refractivity contribution >= 4 is 17.7 Å². The molecule has 2 aromatic heterocycles. The summed E-state index contributed by atoms with van der Waals surface area (Å²) in [6, 6.07) is 2.91. The fourth-order valence-corrected chi connectivity index (χ4v) is 1.38. The Labute approximate surface area is 108 Å². The number of aryl methyl sites for hydroxylation is 1. The Morgan fingerprint density at radius 3 is 2.84 bits per heavy atom. The minimum atomic E-state index is -0.502. The first kappa shape index (κ1) is 12.7.